The second-order valence-electron chi connectivity index (χ2n) is 6.66. The Morgan fingerprint density at radius 2 is 1.71 bits per heavy atom. The van der Waals surface area contributed by atoms with Gasteiger partial charge in [-0.2, -0.15) is 0 Å². The molecule has 0 unspecified atom stereocenters. The van der Waals surface area contributed by atoms with Crippen molar-refractivity contribution in [3.8, 4) is 0 Å². The average Bonchev–Trinajstić information content (AvgIpc) is 3.04. The number of nitro groups is 1. The third kappa shape index (κ3) is 1.71. The first-order chi connectivity index (χ1) is 11.2. The Kier molecular flexibility index (Phi) is 2.82. The summed E-state index contributed by atoms with van der Waals surface area (Å²) in [7, 11) is 0. The van der Waals surface area contributed by atoms with Crippen LogP contribution in [0, 0.1) is 22.0 Å². The zero-order chi connectivity index (χ0) is 17.4. The quantitative estimate of drug-likeness (QED) is 0.354. The van der Waals surface area contributed by atoms with E-state index in [-0.39, 0.29) is 16.4 Å². The van der Waals surface area contributed by atoms with Gasteiger partial charge in [-0.05, 0) is 26.0 Å². The smallest absolute Gasteiger partial charge is 0.294 e. The molecule has 4 atom stereocenters. The van der Waals surface area contributed by atoms with E-state index in [1.165, 1.54) is 12.1 Å². The fraction of sp³-hybridized carbons (Fsp3) is 0.375. The monoisotopic (exact) mass is 348 g/mol. The van der Waals surface area contributed by atoms with Crippen LogP contribution in [0.2, 0.25) is 5.02 Å². The third-order valence-electron chi connectivity index (χ3n) is 5.10. The molecule has 0 spiro atoms. The van der Waals surface area contributed by atoms with Crippen LogP contribution in [0.25, 0.3) is 0 Å². The van der Waals surface area contributed by atoms with Crippen molar-refractivity contribution >= 4 is 34.8 Å². The lowest BCUT2D eigenvalue weighted by molar-refractivity contribution is -0.384. The summed E-state index contributed by atoms with van der Waals surface area (Å²) in [5.41, 5.74) is -2.18. The number of nitro benzene ring substituents is 1. The summed E-state index contributed by atoms with van der Waals surface area (Å²) in [5.74, 6) is -2.33. The summed E-state index contributed by atoms with van der Waals surface area (Å²) in [6.45, 7) is 3.51. The summed E-state index contributed by atoms with van der Waals surface area (Å²) in [6, 6.07) is 3.89. The molecule has 0 N–H and O–H groups in total. The highest BCUT2D eigenvalue weighted by atomic mass is 35.5. The second kappa shape index (κ2) is 4.43. The topological polar surface area (TPSA) is 89.8 Å². The van der Waals surface area contributed by atoms with Gasteiger partial charge in [0.1, 0.15) is 5.69 Å². The largest absolute Gasteiger partial charge is 0.359 e. The maximum atomic E-state index is 12.9. The molecule has 0 saturated carbocycles. The molecule has 2 fully saturated rings. The minimum Gasteiger partial charge on any atom is -0.359 e. The van der Waals surface area contributed by atoms with Crippen LogP contribution in [0.4, 0.5) is 11.4 Å². The van der Waals surface area contributed by atoms with Gasteiger partial charge < -0.3 is 4.74 Å². The number of benzene rings is 1. The van der Waals surface area contributed by atoms with Crippen LogP contribution in [-0.4, -0.2) is 27.9 Å². The zero-order valence-corrected chi connectivity index (χ0v) is 13.6. The maximum Gasteiger partial charge on any atom is 0.294 e. The lowest BCUT2D eigenvalue weighted by Gasteiger charge is -2.25. The number of amides is 2. The van der Waals surface area contributed by atoms with Crippen LogP contribution < -0.4 is 4.90 Å². The van der Waals surface area contributed by atoms with Crippen molar-refractivity contribution in [1.29, 1.82) is 0 Å². The Hall–Kier alpha value is -2.25. The van der Waals surface area contributed by atoms with Crippen molar-refractivity contribution in [3.63, 3.8) is 0 Å². The molecule has 3 heterocycles. The predicted octanol–water partition coefficient (Wildman–Crippen LogP) is 2.47. The lowest BCUT2D eigenvalue weighted by Crippen LogP contribution is -2.39. The molecule has 3 aliphatic rings. The molecule has 0 aliphatic carbocycles. The Balaban J connectivity index is 1.85. The summed E-state index contributed by atoms with van der Waals surface area (Å²) < 4.78 is 5.90. The van der Waals surface area contributed by atoms with E-state index in [1.807, 2.05) is 0 Å². The van der Waals surface area contributed by atoms with E-state index in [9.17, 15) is 19.7 Å². The minimum absolute atomic E-state index is 0.0552. The summed E-state index contributed by atoms with van der Waals surface area (Å²) in [6.07, 6.45) is 3.58. The molecular formula is C16H13ClN2O5. The number of ether oxygens (including phenoxy) is 1. The van der Waals surface area contributed by atoms with E-state index in [0.717, 1.165) is 11.0 Å². The Bertz CT molecular complexity index is 817. The van der Waals surface area contributed by atoms with E-state index < -0.39 is 39.8 Å². The van der Waals surface area contributed by atoms with Gasteiger partial charge in [-0.1, -0.05) is 23.8 Å². The van der Waals surface area contributed by atoms with Crippen LogP contribution in [0.15, 0.2) is 30.4 Å². The third-order valence-corrected chi connectivity index (χ3v) is 5.34. The Morgan fingerprint density at radius 3 is 2.21 bits per heavy atom. The normalized spacial score (nSPS) is 36.5. The number of hydrogen-bond acceptors (Lipinski definition) is 5. The molecule has 24 heavy (non-hydrogen) atoms. The van der Waals surface area contributed by atoms with E-state index in [1.54, 1.807) is 26.0 Å². The van der Waals surface area contributed by atoms with Crippen molar-refractivity contribution in [1.82, 2.24) is 0 Å². The van der Waals surface area contributed by atoms with E-state index in [4.69, 9.17) is 16.3 Å². The number of rotatable bonds is 2. The molecular weight excluding hydrogens is 336 g/mol. The van der Waals surface area contributed by atoms with Gasteiger partial charge in [0, 0.05) is 11.1 Å². The molecule has 2 saturated heterocycles. The number of hydrogen-bond donors (Lipinski definition) is 0. The molecule has 124 valence electrons. The summed E-state index contributed by atoms with van der Waals surface area (Å²) in [4.78, 5) is 37.4. The number of carbonyl (C=O) groups excluding carboxylic acids is 2. The van der Waals surface area contributed by atoms with Crippen LogP contribution in [-0.2, 0) is 14.3 Å². The molecule has 7 nitrogen and oxygen atoms in total. The first-order valence-corrected chi connectivity index (χ1v) is 7.78. The van der Waals surface area contributed by atoms with E-state index in [0.29, 0.717) is 0 Å². The SMILES string of the molecule is C[C@]12C=C[C@@](C)(O1)[C@H]1C(=O)N(c3ccc(Cl)cc3[N+](=O)[O-])C(=O)[C@H]12. The number of nitrogens with zero attached hydrogens (tertiary/aromatic N) is 2. The number of halogens is 1. The maximum absolute atomic E-state index is 12.9. The van der Waals surface area contributed by atoms with E-state index in [2.05, 4.69) is 0 Å². The Morgan fingerprint density at radius 1 is 1.17 bits per heavy atom. The number of anilines is 1. The van der Waals surface area contributed by atoms with Gasteiger partial charge in [0.25, 0.3) is 5.69 Å². The Labute approximate surface area is 142 Å². The molecule has 0 radical (unpaired) electrons. The first-order valence-electron chi connectivity index (χ1n) is 7.40. The van der Waals surface area contributed by atoms with Crippen molar-refractivity contribution in [3.05, 3.63) is 45.5 Å². The first kappa shape index (κ1) is 15.3. The predicted molar refractivity (Wildman–Crippen MR) is 84.6 cm³/mol. The molecule has 8 heteroatoms. The molecule has 0 aromatic heterocycles. The lowest BCUT2D eigenvalue weighted by atomic mass is 9.73. The average molecular weight is 349 g/mol. The second-order valence-corrected chi connectivity index (χ2v) is 7.10. The van der Waals surface area contributed by atoms with Gasteiger partial charge >= 0.3 is 0 Å². The van der Waals surface area contributed by atoms with Crippen LogP contribution in [0.3, 0.4) is 0 Å². The van der Waals surface area contributed by atoms with Crippen molar-refractivity contribution in [2.75, 3.05) is 4.90 Å². The fourth-order valence-electron chi connectivity index (χ4n) is 4.10. The molecule has 4 rings (SSSR count). The van der Waals surface area contributed by atoms with Crippen LogP contribution in [0.5, 0.6) is 0 Å². The van der Waals surface area contributed by atoms with Gasteiger partial charge in [-0.3, -0.25) is 19.7 Å². The van der Waals surface area contributed by atoms with Gasteiger partial charge in [-0.25, -0.2) is 4.90 Å². The standard InChI is InChI=1S/C16H13ClN2O5/c1-15-5-6-16(2,24-15)12-11(15)13(20)18(14(12)21)9-4-3-8(17)7-10(9)19(22)23/h3-7,11-12H,1-2H3/t11-,12+,15-,16-/m1/s1. The highest BCUT2D eigenvalue weighted by molar-refractivity contribution is 6.31. The zero-order valence-electron chi connectivity index (χ0n) is 12.9. The van der Waals surface area contributed by atoms with E-state index >= 15 is 0 Å². The van der Waals surface area contributed by atoms with Crippen molar-refractivity contribution in [2.45, 2.75) is 25.0 Å². The molecule has 3 aliphatic heterocycles. The summed E-state index contributed by atoms with van der Waals surface area (Å²) in [5, 5.41) is 11.5. The van der Waals surface area contributed by atoms with Gasteiger partial charge in [0.2, 0.25) is 11.8 Å². The molecule has 2 bridgehead atoms. The van der Waals surface area contributed by atoms with Crippen molar-refractivity contribution in [2.24, 2.45) is 11.8 Å². The van der Waals surface area contributed by atoms with Crippen LogP contribution in [0.1, 0.15) is 13.8 Å². The molecule has 1 aromatic rings. The van der Waals surface area contributed by atoms with Crippen molar-refractivity contribution < 1.29 is 19.2 Å². The van der Waals surface area contributed by atoms with Gasteiger partial charge in [0.05, 0.1) is 28.0 Å². The van der Waals surface area contributed by atoms with Gasteiger partial charge in [0.15, 0.2) is 0 Å². The number of carbonyl (C=O) groups is 2. The summed E-state index contributed by atoms with van der Waals surface area (Å²) >= 11 is 5.81. The fourth-order valence-corrected chi connectivity index (χ4v) is 4.27. The minimum atomic E-state index is -0.873. The molecule has 2 amide bonds. The highest BCUT2D eigenvalue weighted by Crippen LogP contribution is 2.57. The number of fused-ring (bicyclic) bond motifs is 5. The van der Waals surface area contributed by atoms with Gasteiger partial charge in [-0.15, -0.1) is 0 Å². The highest BCUT2D eigenvalue weighted by Gasteiger charge is 2.70. The molecule has 1 aromatic carbocycles. The van der Waals surface area contributed by atoms with Crippen LogP contribution >= 0.6 is 11.6 Å². The number of imide groups is 1.